The van der Waals surface area contributed by atoms with Crippen LogP contribution < -0.4 is 5.73 Å². The van der Waals surface area contributed by atoms with Crippen LogP contribution in [0, 0.1) is 0 Å². The van der Waals surface area contributed by atoms with Crippen LogP contribution in [0.25, 0.3) is 0 Å². The first-order valence-corrected chi connectivity index (χ1v) is 7.24. The van der Waals surface area contributed by atoms with Crippen molar-refractivity contribution in [3.05, 3.63) is 9.93 Å². The van der Waals surface area contributed by atoms with Crippen LogP contribution in [0.2, 0.25) is 0 Å². The third kappa shape index (κ3) is 2.58. The summed E-state index contributed by atoms with van der Waals surface area (Å²) in [5, 5.41) is 9.01. The summed E-state index contributed by atoms with van der Waals surface area (Å²) in [5.74, 6) is -1.67. The molecule has 2 atom stereocenters. The third-order valence-corrected chi connectivity index (χ3v) is 5.36. The fourth-order valence-corrected chi connectivity index (χ4v) is 4.40. The average molecular weight is 304 g/mol. The Hall–Kier alpha value is -1.19. The molecule has 104 valence electrons. The van der Waals surface area contributed by atoms with Gasteiger partial charge in [-0.3, -0.25) is 14.5 Å². The molecule has 2 rings (SSSR count). The van der Waals surface area contributed by atoms with Crippen molar-refractivity contribution in [2.24, 2.45) is 5.73 Å². The van der Waals surface area contributed by atoms with Gasteiger partial charge in [0.15, 0.2) is 5.70 Å². The first-order valence-electron chi connectivity index (χ1n) is 5.38. The van der Waals surface area contributed by atoms with Crippen molar-refractivity contribution in [1.29, 1.82) is 0 Å². The van der Waals surface area contributed by atoms with Gasteiger partial charge in [-0.15, -0.1) is 11.8 Å². The Labute approximate surface area is 117 Å². The maximum absolute atomic E-state index is 11.4. The molecular formula is C10H12N2O5S2. The summed E-state index contributed by atoms with van der Waals surface area (Å²) in [6.07, 6.45) is 0.342. The Morgan fingerprint density at radius 3 is 2.89 bits per heavy atom. The first-order chi connectivity index (χ1) is 8.95. The molecule has 0 saturated carbocycles. The highest BCUT2D eigenvalue weighted by Gasteiger charge is 2.48. The molecule has 9 heteroatoms. The molecule has 19 heavy (non-hydrogen) atoms. The summed E-state index contributed by atoms with van der Waals surface area (Å²) < 4.78 is 5.01. The lowest BCUT2D eigenvalue weighted by Crippen LogP contribution is -2.48. The number of carboxylic acids is 1. The zero-order chi connectivity index (χ0) is 14.2. The summed E-state index contributed by atoms with van der Waals surface area (Å²) in [4.78, 5) is 35.0. The van der Waals surface area contributed by atoms with E-state index in [2.05, 4.69) is 4.74 Å². The van der Waals surface area contributed by atoms with Gasteiger partial charge in [0, 0.05) is 5.75 Å². The van der Waals surface area contributed by atoms with Gasteiger partial charge in [-0.25, -0.2) is 4.79 Å². The van der Waals surface area contributed by atoms with Gasteiger partial charge >= 0.3 is 11.9 Å². The van der Waals surface area contributed by atoms with Gasteiger partial charge in [0.1, 0.15) is 6.04 Å². The van der Waals surface area contributed by atoms with Crippen molar-refractivity contribution in [2.75, 3.05) is 12.9 Å². The van der Waals surface area contributed by atoms with Crippen molar-refractivity contribution in [3.63, 3.8) is 0 Å². The number of fused-ring (bicyclic) bond motifs is 1. The largest absolute Gasteiger partial charge is 0.477 e. The van der Waals surface area contributed by atoms with Gasteiger partial charge in [0.25, 0.3) is 0 Å². The summed E-state index contributed by atoms with van der Waals surface area (Å²) in [6.45, 7) is 0. The molecule has 0 aromatic carbocycles. The number of carbonyl (C=O) groups is 3. The average Bonchev–Trinajstić information content (AvgIpc) is 2.67. The van der Waals surface area contributed by atoms with Crippen LogP contribution in [-0.4, -0.2) is 52.1 Å². The van der Waals surface area contributed by atoms with Crippen LogP contribution >= 0.6 is 23.5 Å². The Balaban J connectivity index is 2.05. The number of thioether (sulfide) groups is 2. The number of carboxylic acid groups (broad SMARTS) is 1. The van der Waals surface area contributed by atoms with Crippen molar-refractivity contribution < 1.29 is 24.2 Å². The van der Waals surface area contributed by atoms with Gasteiger partial charge < -0.3 is 15.6 Å². The molecule has 0 bridgehead atoms. The minimum Gasteiger partial charge on any atom is -0.477 e. The topological polar surface area (TPSA) is 110 Å². The quantitative estimate of drug-likeness (QED) is 0.530. The molecular weight excluding hydrogens is 292 g/mol. The van der Waals surface area contributed by atoms with Gasteiger partial charge in [-0.1, -0.05) is 11.8 Å². The van der Waals surface area contributed by atoms with Crippen LogP contribution in [0.4, 0.5) is 0 Å². The number of hydrogen-bond acceptors (Lipinski definition) is 7. The predicted octanol–water partition coefficient (Wildman–Crippen LogP) is -0.221. The van der Waals surface area contributed by atoms with Crippen molar-refractivity contribution >= 4 is 41.4 Å². The molecule has 1 unspecified atom stereocenters. The normalized spacial score (nSPS) is 22.9. The van der Waals surface area contributed by atoms with Crippen LogP contribution in [0.15, 0.2) is 9.93 Å². The third-order valence-electron chi connectivity index (χ3n) is 2.68. The predicted molar refractivity (Wildman–Crippen MR) is 70.0 cm³/mol. The van der Waals surface area contributed by atoms with E-state index in [1.54, 1.807) is 0 Å². The SMILES string of the molecule is COC(=O)C(N)CSC1=C(C(=O)O)N2C(=O)C[C@@H]2S1. The summed E-state index contributed by atoms with van der Waals surface area (Å²) in [7, 11) is 1.24. The number of rotatable bonds is 5. The number of amides is 1. The summed E-state index contributed by atoms with van der Waals surface area (Å²) >= 11 is 2.48. The number of methoxy groups -OCH3 is 1. The van der Waals surface area contributed by atoms with Crippen LogP contribution in [0.3, 0.4) is 0 Å². The number of aliphatic carboxylic acids is 1. The maximum Gasteiger partial charge on any atom is 0.354 e. The number of carbonyl (C=O) groups excluding carboxylic acids is 2. The second kappa shape index (κ2) is 5.43. The number of ether oxygens (including phenoxy) is 1. The molecule has 0 aliphatic carbocycles. The van der Waals surface area contributed by atoms with Gasteiger partial charge in [0.2, 0.25) is 5.91 Å². The van der Waals surface area contributed by atoms with E-state index < -0.39 is 18.0 Å². The van der Waals surface area contributed by atoms with Gasteiger partial charge in [-0.2, -0.15) is 0 Å². The highest BCUT2D eigenvalue weighted by atomic mass is 32.2. The Morgan fingerprint density at radius 2 is 2.37 bits per heavy atom. The molecule has 2 aliphatic heterocycles. The van der Waals surface area contributed by atoms with E-state index in [4.69, 9.17) is 10.8 Å². The Morgan fingerprint density at radius 1 is 1.68 bits per heavy atom. The van der Waals surface area contributed by atoms with Gasteiger partial charge in [0.05, 0.1) is 23.1 Å². The summed E-state index contributed by atoms with van der Waals surface area (Å²) in [5.41, 5.74) is 5.58. The highest BCUT2D eigenvalue weighted by molar-refractivity contribution is 8.22. The molecule has 1 fully saturated rings. The van der Waals surface area contributed by atoms with Crippen molar-refractivity contribution in [2.45, 2.75) is 17.8 Å². The van der Waals surface area contributed by atoms with E-state index in [9.17, 15) is 14.4 Å². The minimum atomic E-state index is -1.14. The molecule has 0 spiro atoms. The number of nitrogens with zero attached hydrogens (tertiary/aromatic N) is 1. The highest BCUT2D eigenvalue weighted by Crippen LogP contribution is 2.50. The molecule has 3 N–H and O–H groups in total. The zero-order valence-corrected chi connectivity index (χ0v) is 11.6. The molecule has 1 saturated heterocycles. The molecule has 0 aromatic heterocycles. The van der Waals surface area contributed by atoms with Crippen LogP contribution in [0.5, 0.6) is 0 Å². The zero-order valence-electron chi connectivity index (χ0n) is 9.99. The number of β-lactam (4-membered cyclic amide) rings is 1. The lowest BCUT2D eigenvalue weighted by Gasteiger charge is -2.33. The van der Waals surface area contributed by atoms with E-state index in [0.29, 0.717) is 10.7 Å². The fourth-order valence-electron chi connectivity index (χ4n) is 1.71. The smallest absolute Gasteiger partial charge is 0.354 e. The Kier molecular flexibility index (Phi) is 4.07. The number of esters is 1. The Bertz CT molecular complexity index is 479. The van der Waals surface area contributed by atoms with E-state index in [0.717, 1.165) is 11.8 Å². The lowest BCUT2D eigenvalue weighted by atomic mass is 10.2. The second-order valence-electron chi connectivity index (χ2n) is 3.92. The molecule has 2 aliphatic rings. The maximum atomic E-state index is 11.4. The van der Waals surface area contributed by atoms with E-state index in [1.807, 2.05) is 0 Å². The number of nitrogens with two attached hydrogens (primary N) is 1. The first kappa shape index (κ1) is 14.2. The molecule has 0 aromatic rings. The fraction of sp³-hybridized carbons (Fsp3) is 0.500. The standard InChI is InChI=1S/C10H12N2O5S2/c1-17-9(16)4(11)3-18-10-7(8(14)15)12-5(13)2-6(12)19-10/h4,6H,2-3,11H2,1H3,(H,14,15)/t4?,6-/m0/s1. The van der Waals surface area contributed by atoms with Crippen molar-refractivity contribution in [3.8, 4) is 0 Å². The molecule has 7 nitrogen and oxygen atoms in total. The lowest BCUT2D eigenvalue weighted by molar-refractivity contribution is -0.145. The monoisotopic (exact) mass is 304 g/mol. The van der Waals surface area contributed by atoms with Crippen molar-refractivity contribution in [1.82, 2.24) is 4.90 Å². The molecule has 2 heterocycles. The molecule has 1 amide bonds. The van der Waals surface area contributed by atoms with E-state index in [1.165, 1.54) is 23.8 Å². The van der Waals surface area contributed by atoms with Gasteiger partial charge in [-0.05, 0) is 0 Å². The second-order valence-corrected chi connectivity index (χ2v) is 6.40. The van der Waals surface area contributed by atoms with E-state index in [-0.39, 0.29) is 22.7 Å². The van der Waals surface area contributed by atoms with E-state index >= 15 is 0 Å². The molecule has 0 radical (unpaired) electrons. The van der Waals surface area contributed by atoms with Crippen LogP contribution in [-0.2, 0) is 19.1 Å². The van der Waals surface area contributed by atoms with Crippen LogP contribution in [0.1, 0.15) is 6.42 Å². The number of hydrogen-bond donors (Lipinski definition) is 2. The summed E-state index contributed by atoms with van der Waals surface area (Å²) in [6, 6.07) is -0.818. The minimum absolute atomic E-state index is 0.00619.